The van der Waals surface area contributed by atoms with Crippen LogP contribution in [-0.2, 0) is 14.3 Å². The maximum Gasteiger partial charge on any atom is 0.288 e. The van der Waals surface area contributed by atoms with E-state index in [4.69, 9.17) is 4.74 Å². The van der Waals surface area contributed by atoms with Crippen molar-refractivity contribution in [3.63, 3.8) is 0 Å². The van der Waals surface area contributed by atoms with E-state index < -0.39 is 16.8 Å². The van der Waals surface area contributed by atoms with Gasteiger partial charge in [-0.3, -0.25) is 14.5 Å². The zero-order valence-corrected chi connectivity index (χ0v) is 19.6. The first-order valence-electron chi connectivity index (χ1n) is 10.7. The zero-order valence-electron chi connectivity index (χ0n) is 18.0. The van der Waals surface area contributed by atoms with E-state index in [0.29, 0.717) is 46.4 Å². The summed E-state index contributed by atoms with van der Waals surface area (Å²) in [5, 5.41) is 2.44. The zero-order chi connectivity index (χ0) is 24.1. The minimum atomic E-state index is -2.51. The molecule has 11 heteroatoms. The standard InChI is InChI=1S/C23H22F3N3O3S2/c24-14-3-5-15(6-4-14)27-20(30)12-19-21(31)29(13-17-2-1-11-32-17)23(34-19)28-16-7-9-18(10-8-16)33-22(25)26/h3-10,17,19,22H,1-2,11-13H2,(H,27,30)/t17-,19+/m0/s1. The summed E-state index contributed by atoms with van der Waals surface area (Å²) in [6, 6.07) is 11.7. The molecule has 0 aliphatic carbocycles. The molecule has 2 heterocycles. The number of rotatable bonds is 8. The minimum Gasteiger partial charge on any atom is -0.376 e. The summed E-state index contributed by atoms with van der Waals surface area (Å²) < 4.78 is 43.9. The van der Waals surface area contributed by atoms with E-state index >= 15 is 0 Å². The summed E-state index contributed by atoms with van der Waals surface area (Å²) in [4.78, 5) is 32.2. The van der Waals surface area contributed by atoms with Crippen LogP contribution in [-0.4, -0.2) is 52.1 Å². The number of hydrogen-bond acceptors (Lipinski definition) is 6. The molecule has 2 aliphatic rings. The van der Waals surface area contributed by atoms with Crippen LogP contribution in [0, 0.1) is 5.82 Å². The second kappa shape index (κ2) is 11.3. The average Bonchev–Trinajstić information content (AvgIpc) is 3.41. The van der Waals surface area contributed by atoms with Crippen LogP contribution < -0.4 is 5.32 Å². The average molecular weight is 510 g/mol. The summed E-state index contributed by atoms with van der Waals surface area (Å²) in [6.07, 6.45) is 1.56. The molecule has 2 amide bonds. The fourth-order valence-corrected chi connectivity index (χ4v) is 5.28. The van der Waals surface area contributed by atoms with Crippen LogP contribution in [0.1, 0.15) is 19.3 Å². The quantitative estimate of drug-likeness (QED) is 0.491. The molecule has 2 aromatic carbocycles. The highest BCUT2D eigenvalue weighted by Crippen LogP contribution is 2.34. The Morgan fingerprint density at radius 3 is 2.59 bits per heavy atom. The van der Waals surface area contributed by atoms with Crippen LogP contribution in [0.4, 0.5) is 24.5 Å². The van der Waals surface area contributed by atoms with Crippen molar-refractivity contribution < 1.29 is 27.5 Å². The maximum atomic E-state index is 13.2. The molecule has 180 valence electrons. The summed E-state index contributed by atoms with van der Waals surface area (Å²) in [6.45, 7) is 0.971. The molecule has 0 unspecified atom stereocenters. The SMILES string of the molecule is O=C(C[C@H]1SC(=Nc2ccc(SC(F)F)cc2)N(C[C@@H]2CCCO2)C1=O)Nc1ccc(F)cc1. The number of ether oxygens (including phenoxy) is 1. The number of hydrogen-bond donors (Lipinski definition) is 1. The summed E-state index contributed by atoms with van der Waals surface area (Å²) in [5.41, 5.74) is 0.955. The van der Waals surface area contributed by atoms with Crippen molar-refractivity contribution in [3.8, 4) is 0 Å². The van der Waals surface area contributed by atoms with Gasteiger partial charge in [0.2, 0.25) is 11.8 Å². The topological polar surface area (TPSA) is 71.0 Å². The number of nitrogens with zero attached hydrogens (tertiary/aromatic N) is 2. The number of aliphatic imine (C=N–C) groups is 1. The van der Waals surface area contributed by atoms with Gasteiger partial charge in [-0.05, 0) is 61.4 Å². The smallest absolute Gasteiger partial charge is 0.288 e. The molecule has 0 saturated carbocycles. The molecule has 0 bridgehead atoms. The van der Waals surface area contributed by atoms with Gasteiger partial charge in [0, 0.05) is 23.6 Å². The molecule has 2 atom stereocenters. The predicted molar refractivity (Wildman–Crippen MR) is 127 cm³/mol. The fraction of sp³-hybridized carbons (Fsp3) is 0.348. The monoisotopic (exact) mass is 509 g/mol. The second-order valence-corrected chi connectivity index (χ2v) is 9.95. The number of alkyl halides is 2. The highest BCUT2D eigenvalue weighted by atomic mass is 32.2. The lowest BCUT2D eigenvalue weighted by Gasteiger charge is -2.20. The summed E-state index contributed by atoms with van der Waals surface area (Å²) in [5.74, 6) is -3.53. The fourth-order valence-electron chi connectivity index (χ4n) is 3.61. The maximum absolute atomic E-state index is 13.2. The van der Waals surface area contributed by atoms with Crippen molar-refractivity contribution in [2.75, 3.05) is 18.5 Å². The van der Waals surface area contributed by atoms with E-state index in [2.05, 4.69) is 10.3 Å². The highest BCUT2D eigenvalue weighted by Gasteiger charge is 2.40. The van der Waals surface area contributed by atoms with Crippen molar-refractivity contribution in [2.24, 2.45) is 4.99 Å². The first-order valence-corrected chi connectivity index (χ1v) is 12.4. The van der Waals surface area contributed by atoms with E-state index in [9.17, 15) is 22.8 Å². The number of amidine groups is 1. The van der Waals surface area contributed by atoms with Gasteiger partial charge < -0.3 is 10.1 Å². The highest BCUT2D eigenvalue weighted by molar-refractivity contribution is 8.15. The molecule has 6 nitrogen and oxygen atoms in total. The van der Waals surface area contributed by atoms with Gasteiger partial charge in [0.25, 0.3) is 5.76 Å². The molecule has 4 rings (SSSR count). The molecule has 0 radical (unpaired) electrons. The van der Waals surface area contributed by atoms with Crippen molar-refractivity contribution in [2.45, 2.75) is 41.3 Å². The first-order chi connectivity index (χ1) is 16.4. The molecule has 2 aliphatic heterocycles. The van der Waals surface area contributed by atoms with E-state index in [1.165, 1.54) is 40.9 Å². The van der Waals surface area contributed by atoms with Crippen molar-refractivity contribution in [1.29, 1.82) is 0 Å². The van der Waals surface area contributed by atoms with Crippen LogP contribution in [0.15, 0.2) is 58.4 Å². The Kier molecular flexibility index (Phi) is 8.17. The third kappa shape index (κ3) is 6.55. The van der Waals surface area contributed by atoms with Crippen LogP contribution in [0.25, 0.3) is 0 Å². The van der Waals surface area contributed by atoms with Crippen molar-refractivity contribution in [1.82, 2.24) is 4.90 Å². The van der Waals surface area contributed by atoms with Gasteiger partial charge in [-0.15, -0.1) is 0 Å². The lowest BCUT2D eigenvalue weighted by Crippen LogP contribution is -2.38. The minimum absolute atomic E-state index is 0.0775. The van der Waals surface area contributed by atoms with Crippen molar-refractivity contribution >= 4 is 51.9 Å². The molecule has 2 aromatic rings. The van der Waals surface area contributed by atoms with Gasteiger partial charge in [0.1, 0.15) is 11.1 Å². The summed E-state index contributed by atoms with van der Waals surface area (Å²) in [7, 11) is 0. The number of anilines is 1. The number of thioether (sulfide) groups is 2. The molecular formula is C23H22F3N3O3S2. The third-order valence-electron chi connectivity index (χ3n) is 5.22. The van der Waals surface area contributed by atoms with Crippen LogP contribution in [0.3, 0.4) is 0 Å². The molecule has 1 N–H and O–H groups in total. The number of benzene rings is 2. The Morgan fingerprint density at radius 2 is 1.94 bits per heavy atom. The number of amides is 2. The van der Waals surface area contributed by atoms with Gasteiger partial charge in [0.05, 0.1) is 18.3 Å². The van der Waals surface area contributed by atoms with E-state index in [0.717, 1.165) is 12.8 Å². The Labute approximate surface area is 203 Å². The molecule has 0 spiro atoms. The van der Waals surface area contributed by atoms with Crippen LogP contribution in [0.2, 0.25) is 0 Å². The molecule has 2 saturated heterocycles. The predicted octanol–water partition coefficient (Wildman–Crippen LogP) is 5.28. The largest absolute Gasteiger partial charge is 0.376 e. The molecular weight excluding hydrogens is 487 g/mol. The Bertz CT molecular complexity index is 1050. The van der Waals surface area contributed by atoms with Crippen molar-refractivity contribution in [3.05, 3.63) is 54.3 Å². The van der Waals surface area contributed by atoms with E-state index in [1.807, 2.05) is 0 Å². The van der Waals surface area contributed by atoms with Gasteiger partial charge in [-0.2, -0.15) is 8.78 Å². The molecule has 34 heavy (non-hydrogen) atoms. The first kappa shape index (κ1) is 24.6. The third-order valence-corrected chi connectivity index (χ3v) is 7.11. The summed E-state index contributed by atoms with van der Waals surface area (Å²) >= 11 is 1.63. The van der Waals surface area contributed by atoms with Gasteiger partial charge in [-0.1, -0.05) is 23.5 Å². The normalized spacial score (nSPS) is 21.6. The van der Waals surface area contributed by atoms with Gasteiger partial charge in [-0.25, -0.2) is 9.38 Å². The lowest BCUT2D eigenvalue weighted by atomic mass is 10.2. The van der Waals surface area contributed by atoms with Crippen LogP contribution in [0.5, 0.6) is 0 Å². The van der Waals surface area contributed by atoms with E-state index in [-0.39, 0.29) is 24.3 Å². The molecule has 2 fully saturated rings. The second-order valence-electron chi connectivity index (χ2n) is 7.72. The Balaban J connectivity index is 1.48. The Morgan fingerprint density at radius 1 is 1.21 bits per heavy atom. The number of carbonyl (C=O) groups excluding carboxylic acids is 2. The van der Waals surface area contributed by atoms with Gasteiger partial charge >= 0.3 is 0 Å². The van der Waals surface area contributed by atoms with Crippen LogP contribution >= 0.6 is 23.5 Å². The van der Waals surface area contributed by atoms with Gasteiger partial charge in [0.15, 0.2) is 5.17 Å². The number of nitrogens with one attached hydrogen (secondary N) is 1. The van der Waals surface area contributed by atoms with E-state index in [1.54, 1.807) is 24.3 Å². The molecule has 0 aromatic heterocycles. The lowest BCUT2D eigenvalue weighted by molar-refractivity contribution is -0.129. The Hall–Kier alpha value is -2.50. The number of halogens is 3. The number of carbonyl (C=O) groups is 2.